The van der Waals surface area contributed by atoms with Gasteiger partial charge in [-0.25, -0.2) is 0 Å². The van der Waals surface area contributed by atoms with E-state index in [9.17, 15) is 10.2 Å². The number of ether oxygens (including phenoxy) is 2. The Morgan fingerprint density at radius 3 is 1.57 bits per heavy atom. The summed E-state index contributed by atoms with van der Waals surface area (Å²) in [7, 11) is 3.29. The van der Waals surface area contributed by atoms with Crippen molar-refractivity contribution in [1.82, 2.24) is 0 Å². The number of aliphatic imine (C=N–C) groups is 2. The van der Waals surface area contributed by atoms with Gasteiger partial charge in [-0.2, -0.15) is 0 Å². The lowest BCUT2D eigenvalue weighted by molar-refractivity contribution is 0.354. The van der Waals surface area contributed by atoms with Crippen molar-refractivity contribution in [2.75, 3.05) is 14.2 Å². The molecular formula is C24H30N2O4. The molecule has 0 unspecified atom stereocenters. The first-order valence-corrected chi connectivity index (χ1v) is 9.88. The zero-order valence-electron chi connectivity index (χ0n) is 18.9. The molecule has 0 spiro atoms. The monoisotopic (exact) mass is 410 g/mol. The number of phenols is 2. The third kappa shape index (κ3) is 3.40. The molecule has 2 aromatic carbocycles. The molecule has 2 heterocycles. The minimum Gasteiger partial charge on any atom is -0.504 e. The highest BCUT2D eigenvalue weighted by Gasteiger charge is 2.34. The Bertz CT molecular complexity index is 1070. The van der Waals surface area contributed by atoms with E-state index < -0.39 is 0 Å². The molecule has 0 saturated carbocycles. The van der Waals surface area contributed by atoms with E-state index >= 15 is 0 Å². The second-order valence-corrected chi connectivity index (χ2v) is 8.73. The van der Waals surface area contributed by atoms with Crippen LogP contribution in [0.2, 0.25) is 0 Å². The Hall–Kier alpha value is -3.02. The van der Waals surface area contributed by atoms with Crippen molar-refractivity contribution in [3.63, 3.8) is 0 Å². The van der Waals surface area contributed by atoms with Gasteiger partial charge in [0.2, 0.25) is 0 Å². The molecule has 2 aliphatic heterocycles. The molecular weight excluding hydrogens is 380 g/mol. The topological polar surface area (TPSA) is 83.6 Å². The summed E-state index contributed by atoms with van der Waals surface area (Å²) in [4.78, 5) is 8.92. The Kier molecular flexibility index (Phi) is 5.31. The van der Waals surface area contributed by atoms with Gasteiger partial charge in [0.25, 0.3) is 0 Å². The first-order valence-electron chi connectivity index (χ1n) is 9.88. The first-order chi connectivity index (χ1) is 13.9. The number of nitrogens with zero attached hydrogens (tertiary/aromatic N) is 2. The van der Waals surface area contributed by atoms with Gasteiger partial charge in [0.1, 0.15) is 0 Å². The zero-order chi connectivity index (χ0) is 22.4. The van der Waals surface area contributed by atoms with E-state index in [0.717, 1.165) is 39.9 Å². The van der Waals surface area contributed by atoms with Crippen LogP contribution in [0.4, 0.5) is 11.4 Å². The van der Waals surface area contributed by atoms with E-state index in [1.54, 1.807) is 20.3 Å². The maximum atomic E-state index is 9.40. The van der Waals surface area contributed by atoms with Gasteiger partial charge in [-0.3, -0.25) is 9.98 Å². The van der Waals surface area contributed by atoms with Crippen molar-refractivity contribution >= 4 is 22.8 Å². The van der Waals surface area contributed by atoms with Gasteiger partial charge >= 0.3 is 0 Å². The van der Waals surface area contributed by atoms with Crippen molar-refractivity contribution in [2.45, 2.75) is 52.4 Å². The minimum absolute atomic E-state index is 0.0190. The lowest BCUT2D eigenvalue weighted by Crippen LogP contribution is -2.22. The molecule has 0 bridgehead atoms. The Morgan fingerprint density at radius 1 is 0.667 bits per heavy atom. The molecule has 4 rings (SSSR count). The molecule has 0 aliphatic carbocycles. The van der Waals surface area contributed by atoms with Gasteiger partial charge in [0.15, 0.2) is 23.0 Å². The van der Waals surface area contributed by atoms with Crippen molar-refractivity contribution in [3.8, 4) is 23.0 Å². The summed E-state index contributed by atoms with van der Waals surface area (Å²) in [5, 5.41) is 18.7. The lowest BCUT2D eigenvalue weighted by atomic mass is 9.82. The Balaban J connectivity index is 0.000000172. The highest BCUT2D eigenvalue weighted by atomic mass is 16.5. The van der Waals surface area contributed by atoms with Crippen molar-refractivity contribution in [1.29, 1.82) is 0 Å². The molecule has 0 saturated heterocycles. The molecule has 2 aliphatic rings. The van der Waals surface area contributed by atoms with Gasteiger partial charge in [-0.1, -0.05) is 27.7 Å². The molecule has 0 fully saturated rings. The molecule has 160 valence electrons. The Labute approximate surface area is 177 Å². The molecule has 2 aromatic rings. The van der Waals surface area contributed by atoms with Crippen LogP contribution in [0.3, 0.4) is 0 Å². The molecule has 0 amide bonds. The number of phenolic OH excluding ortho intramolecular Hbond substituents is 2. The third-order valence-electron chi connectivity index (χ3n) is 6.33. The van der Waals surface area contributed by atoms with Crippen molar-refractivity contribution in [2.24, 2.45) is 9.98 Å². The summed E-state index contributed by atoms with van der Waals surface area (Å²) in [5.74, 6) is 1.30. The van der Waals surface area contributed by atoms with E-state index in [-0.39, 0.29) is 22.3 Å². The molecule has 6 nitrogen and oxygen atoms in total. The number of hydrogen-bond acceptors (Lipinski definition) is 6. The Morgan fingerprint density at radius 2 is 1.07 bits per heavy atom. The molecule has 0 atom stereocenters. The van der Waals surface area contributed by atoms with E-state index in [0.29, 0.717) is 0 Å². The van der Waals surface area contributed by atoms with Crippen LogP contribution >= 0.6 is 0 Å². The largest absolute Gasteiger partial charge is 0.504 e. The van der Waals surface area contributed by atoms with Crippen LogP contribution < -0.4 is 9.47 Å². The lowest BCUT2D eigenvalue weighted by Gasteiger charge is -2.21. The summed E-state index contributed by atoms with van der Waals surface area (Å²) in [5.41, 5.74) is 5.85. The summed E-state index contributed by atoms with van der Waals surface area (Å²) >= 11 is 0. The summed E-state index contributed by atoms with van der Waals surface area (Å²) in [6.45, 7) is 12.4. The van der Waals surface area contributed by atoms with E-state index in [4.69, 9.17) is 9.47 Å². The zero-order valence-corrected chi connectivity index (χ0v) is 18.9. The SMILES string of the molecule is CC1=Nc2cc(O)c(O)cc2C1(C)C.COc1cc2c(cc1OC)C(C)(C)C(C)=N2. The fourth-order valence-corrected chi connectivity index (χ4v) is 3.65. The normalized spacial score (nSPS) is 17.2. The fourth-order valence-electron chi connectivity index (χ4n) is 3.65. The van der Waals surface area contributed by atoms with Crippen LogP contribution in [0.15, 0.2) is 34.3 Å². The standard InChI is InChI=1S/C13H17NO2.C11H13NO2/c1-8-13(2,3)9-6-11(15-4)12(16-5)7-10(9)14-8;1-6-11(2,3)7-4-9(13)10(14)5-8(7)12-6/h6-7H,1-5H3;4-5,13-14H,1-3H3. The van der Waals surface area contributed by atoms with Gasteiger partial charge in [-0.05, 0) is 37.1 Å². The average molecular weight is 411 g/mol. The highest BCUT2D eigenvalue weighted by Crippen LogP contribution is 2.46. The van der Waals surface area contributed by atoms with Crippen LogP contribution in [0.5, 0.6) is 23.0 Å². The smallest absolute Gasteiger partial charge is 0.162 e. The average Bonchev–Trinajstić information content (AvgIpc) is 3.04. The quantitative estimate of drug-likeness (QED) is 0.634. The van der Waals surface area contributed by atoms with E-state index in [2.05, 4.69) is 30.8 Å². The number of fused-ring (bicyclic) bond motifs is 2. The number of hydrogen-bond donors (Lipinski definition) is 2. The van der Waals surface area contributed by atoms with Gasteiger partial charge in [0.05, 0.1) is 25.6 Å². The predicted octanol–water partition coefficient (Wildman–Crippen LogP) is 5.57. The first kappa shape index (κ1) is 21.7. The van der Waals surface area contributed by atoms with Gasteiger partial charge in [0, 0.05) is 34.4 Å². The van der Waals surface area contributed by atoms with Gasteiger partial charge < -0.3 is 19.7 Å². The summed E-state index contributed by atoms with van der Waals surface area (Å²) in [6.07, 6.45) is 0. The second-order valence-electron chi connectivity index (χ2n) is 8.73. The van der Waals surface area contributed by atoms with Crippen molar-refractivity contribution < 1.29 is 19.7 Å². The molecule has 0 aromatic heterocycles. The molecule has 0 radical (unpaired) electrons. The molecule has 6 heteroatoms. The van der Waals surface area contributed by atoms with Crippen LogP contribution in [0.25, 0.3) is 0 Å². The number of rotatable bonds is 2. The molecule has 30 heavy (non-hydrogen) atoms. The minimum atomic E-state index is -0.152. The predicted molar refractivity (Wildman–Crippen MR) is 121 cm³/mol. The van der Waals surface area contributed by atoms with Crippen LogP contribution in [-0.2, 0) is 10.8 Å². The third-order valence-corrected chi connectivity index (χ3v) is 6.33. The van der Waals surface area contributed by atoms with E-state index in [1.807, 2.05) is 32.9 Å². The molecule has 2 N–H and O–H groups in total. The summed E-state index contributed by atoms with van der Waals surface area (Å²) in [6, 6.07) is 7.05. The van der Waals surface area contributed by atoms with Crippen LogP contribution in [0.1, 0.15) is 52.7 Å². The highest BCUT2D eigenvalue weighted by molar-refractivity contribution is 6.00. The van der Waals surface area contributed by atoms with Crippen LogP contribution in [-0.4, -0.2) is 35.9 Å². The summed E-state index contributed by atoms with van der Waals surface area (Å²) < 4.78 is 10.6. The fraction of sp³-hybridized carbons (Fsp3) is 0.417. The maximum Gasteiger partial charge on any atom is 0.162 e. The van der Waals surface area contributed by atoms with Crippen molar-refractivity contribution in [3.05, 3.63) is 35.4 Å². The second kappa shape index (κ2) is 7.35. The number of aromatic hydroxyl groups is 2. The maximum absolute atomic E-state index is 9.40. The van der Waals surface area contributed by atoms with Gasteiger partial charge in [-0.15, -0.1) is 0 Å². The number of benzene rings is 2. The van der Waals surface area contributed by atoms with E-state index in [1.165, 1.54) is 11.6 Å². The van der Waals surface area contributed by atoms with Crippen LogP contribution in [0, 0.1) is 0 Å². The number of methoxy groups -OCH3 is 2.